The van der Waals surface area contributed by atoms with Crippen LogP contribution in [-0.2, 0) is 17.6 Å². The number of thioether (sulfide) groups is 1. The Bertz CT molecular complexity index is 809. The summed E-state index contributed by atoms with van der Waals surface area (Å²) >= 11 is 2.82. The lowest BCUT2D eigenvalue weighted by Gasteiger charge is -2.22. The lowest BCUT2D eigenvalue weighted by atomic mass is 10.1. The highest BCUT2D eigenvalue weighted by molar-refractivity contribution is 8.02. The highest BCUT2D eigenvalue weighted by atomic mass is 32.2. The molecule has 2 rings (SSSR count). The van der Waals surface area contributed by atoms with Crippen molar-refractivity contribution in [1.82, 2.24) is 15.0 Å². The second-order valence-electron chi connectivity index (χ2n) is 8.63. The molecule has 1 N–H and O–H groups in total. The third-order valence-electron chi connectivity index (χ3n) is 5.44. The van der Waals surface area contributed by atoms with Crippen molar-refractivity contribution in [2.24, 2.45) is 0 Å². The van der Waals surface area contributed by atoms with Crippen LogP contribution in [0, 0.1) is 0 Å². The molecular formula is C24H38N4O2S2. The van der Waals surface area contributed by atoms with Crippen LogP contribution < -0.4 is 4.90 Å². The lowest BCUT2D eigenvalue weighted by Crippen LogP contribution is -2.29. The van der Waals surface area contributed by atoms with E-state index < -0.39 is 10.7 Å². The van der Waals surface area contributed by atoms with E-state index in [1.54, 1.807) is 13.8 Å². The smallest absolute Gasteiger partial charge is 0.319 e. The molecule has 6 nitrogen and oxygen atoms in total. The standard InChI is InChI=1S/C24H38N4O2S2/c1-5-7-8-9-10-11-12-14-28(22-25-16-19(6-2)17-26-22)15-13-20-18-31-23(27-20)32-24(3,4)21(29)30/h16-18H,5-15H2,1-4H3,(H,29,30). The molecule has 32 heavy (non-hydrogen) atoms. The maximum atomic E-state index is 11.4. The highest BCUT2D eigenvalue weighted by Crippen LogP contribution is 2.34. The fraction of sp³-hybridized carbons (Fsp3) is 0.667. The molecule has 0 atom stereocenters. The van der Waals surface area contributed by atoms with Gasteiger partial charge in [0.2, 0.25) is 5.95 Å². The Balaban J connectivity index is 1.93. The molecule has 2 heterocycles. The van der Waals surface area contributed by atoms with E-state index >= 15 is 0 Å². The summed E-state index contributed by atoms with van der Waals surface area (Å²) in [5.41, 5.74) is 2.14. The minimum Gasteiger partial charge on any atom is -0.480 e. The Hall–Kier alpha value is -1.67. The van der Waals surface area contributed by atoms with Gasteiger partial charge >= 0.3 is 5.97 Å². The molecular weight excluding hydrogens is 440 g/mol. The molecule has 0 unspecified atom stereocenters. The van der Waals surface area contributed by atoms with Crippen LogP contribution in [0.1, 0.15) is 83.9 Å². The summed E-state index contributed by atoms with van der Waals surface area (Å²) in [7, 11) is 0. The molecule has 178 valence electrons. The zero-order chi connectivity index (χ0) is 23.4. The number of carbonyl (C=O) groups is 1. The van der Waals surface area contributed by atoms with Crippen molar-refractivity contribution in [2.75, 3.05) is 18.0 Å². The molecule has 0 spiro atoms. The quantitative estimate of drug-likeness (QED) is 0.226. The molecule has 0 aromatic carbocycles. The third kappa shape index (κ3) is 9.06. The fourth-order valence-corrected chi connectivity index (χ4v) is 5.45. The number of aryl methyl sites for hydroxylation is 1. The van der Waals surface area contributed by atoms with Crippen molar-refractivity contribution in [3.05, 3.63) is 29.0 Å². The van der Waals surface area contributed by atoms with Crippen LogP contribution in [0.25, 0.3) is 0 Å². The van der Waals surface area contributed by atoms with Crippen LogP contribution in [0.15, 0.2) is 22.1 Å². The van der Waals surface area contributed by atoms with Gasteiger partial charge in [-0.15, -0.1) is 11.3 Å². The summed E-state index contributed by atoms with van der Waals surface area (Å²) in [5.74, 6) is -0.0437. The number of carboxylic acids is 1. The van der Waals surface area contributed by atoms with E-state index in [0.717, 1.165) is 53.9 Å². The van der Waals surface area contributed by atoms with Gasteiger partial charge in [0.25, 0.3) is 0 Å². The average Bonchev–Trinajstić information content (AvgIpc) is 3.21. The van der Waals surface area contributed by atoms with Crippen LogP contribution >= 0.6 is 23.1 Å². The lowest BCUT2D eigenvalue weighted by molar-refractivity contribution is -0.138. The van der Waals surface area contributed by atoms with Gasteiger partial charge < -0.3 is 10.0 Å². The van der Waals surface area contributed by atoms with E-state index in [9.17, 15) is 9.90 Å². The third-order valence-corrected chi connectivity index (χ3v) is 7.61. The Morgan fingerprint density at radius 3 is 2.34 bits per heavy atom. The summed E-state index contributed by atoms with van der Waals surface area (Å²) in [6.07, 6.45) is 14.5. The van der Waals surface area contributed by atoms with Gasteiger partial charge in [0.05, 0.1) is 5.69 Å². The maximum Gasteiger partial charge on any atom is 0.319 e. The summed E-state index contributed by atoms with van der Waals surface area (Å²) in [6.45, 7) is 9.52. The highest BCUT2D eigenvalue weighted by Gasteiger charge is 2.29. The van der Waals surface area contributed by atoms with Gasteiger partial charge in [0, 0.05) is 37.3 Å². The number of thiazole rings is 1. The molecule has 0 bridgehead atoms. The molecule has 0 aliphatic heterocycles. The predicted octanol–water partition coefficient (Wildman–Crippen LogP) is 6.25. The van der Waals surface area contributed by atoms with Crippen molar-refractivity contribution in [3.8, 4) is 0 Å². The molecule has 2 aromatic rings. The number of rotatable bonds is 16. The van der Waals surface area contributed by atoms with Gasteiger partial charge in [0.1, 0.15) is 4.75 Å². The van der Waals surface area contributed by atoms with Gasteiger partial charge in [-0.2, -0.15) is 0 Å². The molecule has 0 aliphatic rings. The second-order valence-corrected chi connectivity index (χ2v) is 11.4. The first-order chi connectivity index (χ1) is 15.4. The Morgan fingerprint density at radius 1 is 1.06 bits per heavy atom. The number of hydrogen-bond acceptors (Lipinski definition) is 7. The van der Waals surface area contributed by atoms with E-state index in [4.69, 9.17) is 0 Å². The predicted molar refractivity (Wildman–Crippen MR) is 135 cm³/mol. The molecule has 0 saturated heterocycles. The normalized spacial score (nSPS) is 11.6. The largest absolute Gasteiger partial charge is 0.480 e. The zero-order valence-corrected chi connectivity index (χ0v) is 21.6. The number of unbranched alkanes of at least 4 members (excludes halogenated alkanes) is 6. The Kier molecular flexibility index (Phi) is 11.4. The van der Waals surface area contributed by atoms with Gasteiger partial charge in [-0.1, -0.05) is 64.1 Å². The Labute approximate surface area is 201 Å². The minimum atomic E-state index is -0.882. The molecule has 2 aromatic heterocycles. The molecule has 8 heteroatoms. The van der Waals surface area contributed by atoms with E-state index in [0.29, 0.717) is 0 Å². The van der Waals surface area contributed by atoms with Crippen LogP contribution in [0.4, 0.5) is 5.95 Å². The fourth-order valence-electron chi connectivity index (χ4n) is 3.23. The summed E-state index contributed by atoms with van der Waals surface area (Å²) in [5, 5.41) is 11.4. The van der Waals surface area contributed by atoms with Crippen LogP contribution in [0.2, 0.25) is 0 Å². The SMILES string of the molecule is CCCCCCCCCN(CCc1csc(SC(C)(C)C(=O)O)n1)c1ncc(CC)cn1. The van der Waals surface area contributed by atoms with Crippen molar-refractivity contribution >= 4 is 35.0 Å². The van der Waals surface area contributed by atoms with Crippen molar-refractivity contribution in [3.63, 3.8) is 0 Å². The monoisotopic (exact) mass is 478 g/mol. The first kappa shape index (κ1) is 26.6. The topological polar surface area (TPSA) is 79.2 Å². The van der Waals surface area contributed by atoms with Crippen molar-refractivity contribution < 1.29 is 9.90 Å². The summed E-state index contributed by atoms with van der Waals surface area (Å²) in [4.78, 5) is 27.5. The summed E-state index contributed by atoms with van der Waals surface area (Å²) in [6, 6.07) is 0. The Morgan fingerprint density at radius 2 is 1.72 bits per heavy atom. The van der Waals surface area contributed by atoms with Crippen LogP contribution in [0.3, 0.4) is 0 Å². The first-order valence-corrected chi connectivity index (χ1v) is 13.5. The number of hydrogen-bond donors (Lipinski definition) is 1. The van der Waals surface area contributed by atoms with E-state index in [-0.39, 0.29) is 0 Å². The van der Waals surface area contributed by atoms with Gasteiger partial charge in [-0.3, -0.25) is 4.79 Å². The van der Waals surface area contributed by atoms with Crippen LogP contribution in [0.5, 0.6) is 0 Å². The maximum absolute atomic E-state index is 11.4. The minimum absolute atomic E-state index is 0.782. The number of aromatic nitrogens is 3. The van der Waals surface area contributed by atoms with Crippen molar-refractivity contribution in [2.45, 2.75) is 94.6 Å². The van der Waals surface area contributed by atoms with Gasteiger partial charge in [-0.05, 0) is 32.3 Å². The average molecular weight is 479 g/mol. The summed E-state index contributed by atoms with van der Waals surface area (Å²) < 4.78 is -0.0813. The van der Waals surface area contributed by atoms with Crippen LogP contribution in [-0.4, -0.2) is 43.9 Å². The van der Waals surface area contributed by atoms with E-state index in [1.165, 1.54) is 61.6 Å². The van der Waals surface area contributed by atoms with Gasteiger partial charge in [0.15, 0.2) is 4.34 Å². The number of nitrogens with zero attached hydrogens (tertiary/aromatic N) is 4. The van der Waals surface area contributed by atoms with E-state index in [2.05, 4.69) is 33.7 Å². The second kappa shape index (κ2) is 13.8. The molecule has 0 amide bonds. The molecule has 0 aliphatic carbocycles. The molecule has 0 saturated carbocycles. The van der Waals surface area contributed by atoms with Gasteiger partial charge in [-0.25, -0.2) is 15.0 Å². The zero-order valence-electron chi connectivity index (χ0n) is 20.0. The molecule has 0 fully saturated rings. The number of aliphatic carboxylic acids is 1. The van der Waals surface area contributed by atoms with E-state index in [1.807, 2.05) is 17.8 Å². The number of anilines is 1. The first-order valence-electron chi connectivity index (χ1n) is 11.8. The molecule has 0 radical (unpaired) electrons. The van der Waals surface area contributed by atoms with Crippen molar-refractivity contribution in [1.29, 1.82) is 0 Å². The number of carboxylic acid groups (broad SMARTS) is 1.